The quantitative estimate of drug-likeness (QED) is 0.474. The van der Waals surface area contributed by atoms with E-state index in [1.165, 1.54) is 6.26 Å². The van der Waals surface area contributed by atoms with Gasteiger partial charge in [0.2, 0.25) is 0 Å². The van der Waals surface area contributed by atoms with Crippen molar-refractivity contribution >= 4 is 0 Å². The van der Waals surface area contributed by atoms with Crippen LogP contribution in [0.15, 0.2) is 12.8 Å². The third-order valence-corrected chi connectivity index (χ3v) is 0.285. The molecular weight excluding hydrogens is 76.1 g/mol. The minimum Gasteiger partial charge on any atom is -0.502 e. The molecule has 6 heavy (non-hydrogen) atoms. The van der Waals surface area contributed by atoms with E-state index < -0.39 is 0 Å². The summed E-state index contributed by atoms with van der Waals surface area (Å²) in [7, 11) is 0. The van der Waals surface area contributed by atoms with Crippen molar-refractivity contribution in [1.82, 2.24) is 0 Å². The highest BCUT2D eigenvalue weighted by Crippen LogP contribution is 1.65. The van der Waals surface area contributed by atoms with Crippen molar-refractivity contribution in [3.05, 3.63) is 12.8 Å². The molecule has 0 rings (SSSR count). The van der Waals surface area contributed by atoms with E-state index in [2.05, 4.69) is 11.3 Å². The Morgan fingerprint density at radius 1 is 2.00 bits per heavy atom. The summed E-state index contributed by atoms with van der Waals surface area (Å²) in [5.41, 5.74) is 0. The molecule has 0 bridgehead atoms. The Bertz CT molecular complexity index is 29.3. The first kappa shape index (κ1) is 9.11. The molecule has 0 atom stereocenters. The largest absolute Gasteiger partial charge is 0.502 e. The molecule has 0 heterocycles. The Balaban J connectivity index is -0.0000000800. The van der Waals surface area contributed by atoms with E-state index in [1.54, 1.807) is 0 Å². The zero-order valence-electron chi connectivity index (χ0n) is 3.40. The molecule has 0 aromatic rings. The SMILES string of the molecule is C.C=COCC.[3HH]. The fourth-order valence-corrected chi connectivity index (χ4v) is 0.118. The lowest BCUT2D eigenvalue weighted by molar-refractivity contribution is 0.270. The van der Waals surface area contributed by atoms with Crippen LogP contribution < -0.4 is 0 Å². The minimum absolute atomic E-state index is 0. The van der Waals surface area contributed by atoms with Crippen LogP contribution in [0.1, 0.15) is 15.8 Å². The zero-order chi connectivity index (χ0) is 4.12. The van der Waals surface area contributed by atoms with Gasteiger partial charge in [-0.2, -0.15) is 0 Å². The maximum Gasteiger partial charge on any atom is 0.0844 e. The molecule has 0 aliphatic heterocycles. The standard InChI is InChI=1S/C4H8O.CH4.H2/c1-3-5-4-2;;/h3H,1,4H2,2H3;1H4;1H/i;;1+2. The van der Waals surface area contributed by atoms with Crippen LogP contribution in [0.25, 0.3) is 0 Å². The molecule has 0 spiro atoms. The first-order valence-electron chi connectivity index (χ1n) is 1.64. The van der Waals surface area contributed by atoms with Crippen LogP contribution in [0.5, 0.6) is 0 Å². The molecule has 1 heteroatoms. The molecule has 0 fully saturated rings. The lowest BCUT2D eigenvalue weighted by atomic mass is 10.9. The lowest BCUT2D eigenvalue weighted by Gasteiger charge is -1.84. The second-order valence-corrected chi connectivity index (χ2v) is 0.622. The van der Waals surface area contributed by atoms with Gasteiger partial charge in [-0.05, 0) is 6.92 Å². The Kier molecular flexibility index (Phi) is 13.4. The molecule has 0 N–H and O–H groups in total. The maximum absolute atomic E-state index is 4.60. The summed E-state index contributed by atoms with van der Waals surface area (Å²) in [6.07, 6.45) is 1.43. The third kappa shape index (κ3) is 9.63. The molecule has 0 aromatic carbocycles. The summed E-state index contributed by atoms with van der Waals surface area (Å²) in [6, 6.07) is 0. The fourth-order valence-electron chi connectivity index (χ4n) is 0.118. The van der Waals surface area contributed by atoms with Crippen molar-refractivity contribution in [2.45, 2.75) is 14.4 Å². The molecule has 0 aliphatic carbocycles. The molecule has 40 valence electrons. The van der Waals surface area contributed by atoms with Crippen LogP contribution in [0.3, 0.4) is 0 Å². The summed E-state index contributed by atoms with van der Waals surface area (Å²) in [4.78, 5) is 0. The molecule has 1 nitrogen and oxygen atoms in total. The smallest absolute Gasteiger partial charge is 0.0844 e. The van der Waals surface area contributed by atoms with Gasteiger partial charge in [0.05, 0.1) is 12.9 Å². The second kappa shape index (κ2) is 8.82. The van der Waals surface area contributed by atoms with Crippen LogP contribution in [0.4, 0.5) is 0 Å². The van der Waals surface area contributed by atoms with Gasteiger partial charge in [-0.15, -0.1) is 0 Å². The van der Waals surface area contributed by atoms with Gasteiger partial charge in [0, 0.05) is 1.43 Å². The van der Waals surface area contributed by atoms with Crippen LogP contribution >= 0.6 is 0 Å². The van der Waals surface area contributed by atoms with E-state index in [4.69, 9.17) is 0 Å². The van der Waals surface area contributed by atoms with Crippen LogP contribution in [-0.4, -0.2) is 6.61 Å². The molecule has 0 radical (unpaired) electrons. The van der Waals surface area contributed by atoms with Gasteiger partial charge in [0.1, 0.15) is 0 Å². The van der Waals surface area contributed by atoms with Gasteiger partial charge in [-0.3, -0.25) is 0 Å². The number of ether oxygens (including phenoxy) is 1. The normalized spacial score (nSPS) is 5.50. The summed E-state index contributed by atoms with van der Waals surface area (Å²) in [5, 5.41) is 0. The van der Waals surface area contributed by atoms with E-state index in [0.717, 1.165) is 6.61 Å². The van der Waals surface area contributed by atoms with E-state index in [9.17, 15) is 0 Å². The van der Waals surface area contributed by atoms with Gasteiger partial charge in [-0.25, -0.2) is 0 Å². The monoisotopic (exact) mass is 92.1 g/mol. The topological polar surface area (TPSA) is 9.23 Å². The molecule has 0 saturated carbocycles. The van der Waals surface area contributed by atoms with Crippen molar-refractivity contribution in [1.29, 1.82) is 0 Å². The van der Waals surface area contributed by atoms with Gasteiger partial charge in [0.15, 0.2) is 0 Å². The average molecular weight is 92.2 g/mol. The van der Waals surface area contributed by atoms with E-state index in [0.29, 0.717) is 0 Å². The van der Waals surface area contributed by atoms with Crippen LogP contribution in [-0.2, 0) is 4.74 Å². The van der Waals surface area contributed by atoms with Crippen molar-refractivity contribution in [2.24, 2.45) is 0 Å². The van der Waals surface area contributed by atoms with Crippen LogP contribution in [0, 0.1) is 0 Å². The molecule has 0 aliphatic rings. The summed E-state index contributed by atoms with van der Waals surface area (Å²) in [6.45, 7) is 5.97. The molecule has 0 aromatic heterocycles. The van der Waals surface area contributed by atoms with Gasteiger partial charge < -0.3 is 4.74 Å². The van der Waals surface area contributed by atoms with Gasteiger partial charge in [0.25, 0.3) is 0 Å². The van der Waals surface area contributed by atoms with E-state index in [1.807, 2.05) is 6.92 Å². The zero-order valence-corrected chi connectivity index (χ0v) is 3.40. The minimum atomic E-state index is 0. The molecule has 0 unspecified atom stereocenters. The second-order valence-electron chi connectivity index (χ2n) is 0.622. The predicted molar refractivity (Wildman–Crippen MR) is 30.7 cm³/mol. The fraction of sp³-hybridized carbons (Fsp3) is 0.600. The van der Waals surface area contributed by atoms with Crippen molar-refractivity contribution in [3.8, 4) is 0 Å². The van der Waals surface area contributed by atoms with Gasteiger partial charge >= 0.3 is 0 Å². The summed E-state index contributed by atoms with van der Waals surface area (Å²) in [5.74, 6) is 0. The summed E-state index contributed by atoms with van der Waals surface area (Å²) < 4.78 is 4.60. The average Bonchev–Trinajstić information content (AvgIpc) is 1.41. The van der Waals surface area contributed by atoms with E-state index in [-0.39, 0.29) is 8.85 Å². The highest BCUT2D eigenvalue weighted by molar-refractivity contribution is 4.45. The summed E-state index contributed by atoms with van der Waals surface area (Å²) >= 11 is 0. The first-order chi connectivity index (χ1) is 2.41. The van der Waals surface area contributed by atoms with Crippen molar-refractivity contribution in [3.63, 3.8) is 0 Å². The predicted octanol–water partition coefficient (Wildman–Crippen LogP) is 2.05. The molecule has 0 saturated heterocycles. The van der Waals surface area contributed by atoms with Crippen molar-refractivity contribution < 1.29 is 6.16 Å². The van der Waals surface area contributed by atoms with E-state index >= 15 is 0 Å². The number of hydrogen-bond donors (Lipinski definition) is 0. The Labute approximate surface area is 41.1 Å². The lowest BCUT2D eigenvalue weighted by Crippen LogP contribution is -1.72. The third-order valence-electron chi connectivity index (χ3n) is 0.285. The highest BCUT2D eigenvalue weighted by atomic mass is 16.5. The number of hydrogen-bond acceptors (Lipinski definition) is 1. The number of rotatable bonds is 2. The Hall–Kier alpha value is -0.460. The van der Waals surface area contributed by atoms with Crippen LogP contribution in [0.2, 0.25) is 0 Å². The molecule has 0 amide bonds. The first-order valence-corrected chi connectivity index (χ1v) is 1.64. The maximum atomic E-state index is 4.60. The highest BCUT2D eigenvalue weighted by Gasteiger charge is 1.55. The molecular formula is C5H14O. The van der Waals surface area contributed by atoms with Gasteiger partial charge in [-0.1, -0.05) is 14.0 Å². The Morgan fingerprint density at radius 3 is 2.50 bits per heavy atom. The van der Waals surface area contributed by atoms with Crippen molar-refractivity contribution in [2.75, 3.05) is 6.61 Å². The Morgan fingerprint density at radius 2 is 2.50 bits per heavy atom.